The molecule has 1 aromatic carbocycles. The normalized spacial score (nSPS) is 20.0. The maximum atomic E-state index is 12.6. The lowest BCUT2D eigenvalue weighted by atomic mass is 10.0. The van der Waals surface area contributed by atoms with Crippen LogP contribution in [0.1, 0.15) is 43.1 Å². The van der Waals surface area contributed by atoms with Crippen LogP contribution in [0.5, 0.6) is 0 Å². The number of carbonyl (C=O) groups is 1. The molecule has 0 spiro atoms. The first-order valence-electron chi connectivity index (χ1n) is 9.92. The van der Waals surface area contributed by atoms with Crippen LogP contribution in [0.25, 0.3) is 0 Å². The minimum absolute atomic E-state index is 0.0180. The minimum atomic E-state index is -0.0180. The zero-order valence-electron chi connectivity index (χ0n) is 15.9. The number of nitrogens with zero attached hydrogens (tertiary/aromatic N) is 4. The summed E-state index contributed by atoms with van der Waals surface area (Å²) in [5, 5.41) is 3.26. The highest BCUT2D eigenvalue weighted by Gasteiger charge is 2.23. The number of hydrogen-bond acceptors (Lipinski definition) is 5. The van der Waals surface area contributed by atoms with Gasteiger partial charge in [0.2, 0.25) is 0 Å². The Labute approximate surface area is 160 Å². The Morgan fingerprint density at radius 1 is 1.04 bits per heavy atom. The number of benzene rings is 1. The lowest BCUT2D eigenvalue weighted by Gasteiger charge is -2.30. The molecule has 2 aliphatic heterocycles. The molecule has 2 aromatic rings. The SMILES string of the molecule is CC1CCCN(C(=O)c2cnc(Nc3ccc(N4CCCC4)cc3)cn2)C1. The Morgan fingerprint density at radius 2 is 1.81 bits per heavy atom. The molecule has 6 nitrogen and oxygen atoms in total. The fourth-order valence-corrected chi connectivity index (χ4v) is 3.92. The summed E-state index contributed by atoms with van der Waals surface area (Å²) in [5.74, 6) is 1.18. The number of carbonyl (C=O) groups excluding carboxylic acids is 1. The second-order valence-corrected chi connectivity index (χ2v) is 7.65. The van der Waals surface area contributed by atoms with Gasteiger partial charge in [0, 0.05) is 37.6 Å². The fourth-order valence-electron chi connectivity index (χ4n) is 3.92. The van der Waals surface area contributed by atoms with Gasteiger partial charge in [-0.25, -0.2) is 9.97 Å². The number of anilines is 3. The quantitative estimate of drug-likeness (QED) is 0.895. The molecule has 27 heavy (non-hydrogen) atoms. The topological polar surface area (TPSA) is 61.4 Å². The molecule has 2 saturated heterocycles. The highest BCUT2D eigenvalue weighted by Crippen LogP contribution is 2.23. The van der Waals surface area contributed by atoms with Gasteiger partial charge in [-0.1, -0.05) is 6.92 Å². The molecular formula is C21H27N5O. The lowest BCUT2D eigenvalue weighted by molar-refractivity contribution is 0.0676. The van der Waals surface area contributed by atoms with Crippen LogP contribution in [0.4, 0.5) is 17.2 Å². The molecule has 6 heteroatoms. The third-order valence-electron chi connectivity index (χ3n) is 5.43. The molecule has 0 bridgehead atoms. The van der Waals surface area contributed by atoms with Crippen LogP contribution in [-0.4, -0.2) is 47.0 Å². The van der Waals surface area contributed by atoms with Crippen molar-refractivity contribution in [3.05, 3.63) is 42.4 Å². The maximum Gasteiger partial charge on any atom is 0.274 e. The fraction of sp³-hybridized carbons (Fsp3) is 0.476. The lowest BCUT2D eigenvalue weighted by Crippen LogP contribution is -2.39. The van der Waals surface area contributed by atoms with E-state index in [1.54, 1.807) is 12.4 Å². The Balaban J connectivity index is 1.38. The highest BCUT2D eigenvalue weighted by molar-refractivity contribution is 5.92. The molecule has 1 unspecified atom stereocenters. The molecule has 2 fully saturated rings. The van der Waals surface area contributed by atoms with E-state index in [1.165, 1.54) is 24.9 Å². The largest absolute Gasteiger partial charge is 0.372 e. The summed E-state index contributed by atoms with van der Waals surface area (Å²) in [5.41, 5.74) is 2.65. The van der Waals surface area contributed by atoms with Gasteiger partial charge in [-0.3, -0.25) is 4.79 Å². The summed E-state index contributed by atoms with van der Waals surface area (Å²) in [6.07, 6.45) is 8.01. The Bertz CT molecular complexity index is 768. The molecule has 1 aromatic heterocycles. The Kier molecular flexibility index (Phi) is 5.23. The van der Waals surface area contributed by atoms with E-state index in [0.29, 0.717) is 17.4 Å². The standard InChI is InChI=1S/C21H27N5O/c1-16-5-4-12-26(15-16)21(27)19-13-23-20(14-22-19)24-17-6-8-18(9-7-17)25-10-2-3-11-25/h6-9,13-14,16H,2-5,10-12,15H2,1H3,(H,23,24). The van der Waals surface area contributed by atoms with Gasteiger partial charge in [0.1, 0.15) is 11.5 Å². The summed E-state index contributed by atoms with van der Waals surface area (Å²) in [7, 11) is 0. The molecule has 4 rings (SSSR count). The zero-order chi connectivity index (χ0) is 18.6. The van der Waals surface area contributed by atoms with Gasteiger partial charge in [0.25, 0.3) is 5.91 Å². The van der Waals surface area contributed by atoms with E-state index in [2.05, 4.69) is 51.4 Å². The van der Waals surface area contributed by atoms with Crippen molar-refractivity contribution in [1.29, 1.82) is 0 Å². The second kappa shape index (κ2) is 7.94. The first-order chi connectivity index (χ1) is 13.2. The molecule has 0 saturated carbocycles. The van der Waals surface area contributed by atoms with Gasteiger partial charge in [0.15, 0.2) is 0 Å². The smallest absolute Gasteiger partial charge is 0.274 e. The Morgan fingerprint density at radius 3 is 2.48 bits per heavy atom. The molecule has 2 aliphatic rings. The van der Waals surface area contributed by atoms with E-state index in [4.69, 9.17) is 0 Å². The summed E-state index contributed by atoms with van der Waals surface area (Å²) in [6.45, 7) is 6.10. The highest BCUT2D eigenvalue weighted by atomic mass is 16.2. The number of likely N-dealkylation sites (tertiary alicyclic amines) is 1. The maximum absolute atomic E-state index is 12.6. The molecule has 1 N–H and O–H groups in total. The number of nitrogens with one attached hydrogen (secondary N) is 1. The number of amides is 1. The molecule has 1 atom stereocenters. The number of piperidine rings is 1. The van der Waals surface area contributed by atoms with Gasteiger partial charge in [-0.15, -0.1) is 0 Å². The van der Waals surface area contributed by atoms with Crippen LogP contribution in [0.15, 0.2) is 36.7 Å². The predicted molar refractivity (Wildman–Crippen MR) is 108 cm³/mol. The molecule has 142 valence electrons. The van der Waals surface area contributed by atoms with Crippen molar-refractivity contribution in [2.45, 2.75) is 32.6 Å². The number of hydrogen-bond donors (Lipinski definition) is 1. The van der Waals surface area contributed by atoms with E-state index >= 15 is 0 Å². The van der Waals surface area contributed by atoms with E-state index in [1.807, 2.05) is 4.90 Å². The third kappa shape index (κ3) is 4.21. The molecule has 0 radical (unpaired) electrons. The average Bonchev–Trinajstić information content (AvgIpc) is 3.23. The third-order valence-corrected chi connectivity index (χ3v) is 5.43. The Hall–Kier alpha value is -2.63. The van der Waals surface area contributed by atoms with E-state index in [9.17, 15) is 4.79 Å². The van der Waals surface area contributed by atoms with Gasteiger partial charge in [0.05, 0.1) is 12.4 Å². The van der Waals surface area contributed by atoms with Crippen molar-refractivity contribution < 1.29 is 4.79 Å². The minimum Gasteiger partial charge on any atom is -0.372 e. The van der Waals surface area contributed by atoms with Gasteiger partial charge in [-0.05, 0) is 55.9 Å². The van der Waals surface area contributed by atoms with E-state index < -0.39 is 0 Å². The van der Waals surface area contributed by atoms with Crippen molar-refractivity contribution in [3.63, 3.8) is 0 Å². The van der Waals surface area contributed by atoms with Crippen molar-refractivity contribution in [2.24, 2.45) is 5.92 Å². The molecule has 0 aliphatic carbocycles. The van der Waals surface area contributed by atoms with Gasteiger partial charge < -0.3 is 15.1 Å². The van der Waals surface area contributed by atoms with Crippen molar-refractivity contribution >= 4 is 23.1 Å². The van der Waals surface area contributed by atoms with Crippen LogP contribution in [0.3, 0.4) is 0 Å². The predicted octanol–water partition coefficient (Wildman–Crippen LogP) is 3.69. The van der Waals surface area contributed by atoms with Gasteiger partial charge >= 0.3 is 0 Å². The van der Waals surface area contributed by atoms with E-state index in [-0.39, 0.29) is 5.91 Å². The van der Waals surface area contributed by atoms with Crippen LogP contribution >= 0.6 is 0 Å². The number of rotatable bonds is 4. The molecule has 3 heterocycles. The first-order valence-corrected chi connectivity index (χ1v) is 9.92. The van der Waals surface area contributed by atoms with Crippen LogP contribution in [0.2, 0.25) is 0 Å². The van der Waals surface area contributed by atoms with Crippen LogP contribution in [0, 0.1) is 5.92 Å². The van der Waals surface area contributed by atoms with Crippen molar-refractivity contribution in [3.8, 4) is 0 Å². The monoisotopic (exact) mass is 365 g/mol. The second-order valence-electron chi connectivity index (χ2n) is 7.65. The molecular weight excluding hydrogens is 338 g/mol. The summed E-state index contributed by atoms with van der Waals surface area (Å²) >= 11 is 0. The zero-order valence-corrected chi connectivity index (χ0v) is 15.9. The van der Waals surface area contributed by atoms with Crippen molar-refractivity contribution in [1.82, 2.24) is 14.9 Å². The average molecular weight is 365 g/mol. The number of aromatic nitrogens is 2. The summed E-state index contributed by atoms with van der Waals surface area (Å²) < 4.78 is 0. The summed E-state index contributed by atoms with van der Waals surface area (Å²) in [6, 6.07) is 8.39. The molecule has 1 amide bonds. The van der Waals surface area contributed by atoms with E-state index in [0.717, 1.165) is 38.3 Å². The summed E-state index contributed by atoms with van der Waals surface area (Å²) in [4.78, 5) is 25.6. The van der Waals surface area contributed by atoms with Crippen LogP contribution in [-0.2, 0) is 0 Å². The van der Waals surface area contributed by atoms with Gasteiger partial charge in [-0.2, -0.15) is 0 Å². The van der Waals surface area contributed by atoms with Crippen LogP contribution < -0.4 is 10.2 Å². The van der Waals surface area contributed by atoms with Crippen molar-refractivity contribution in [2.75, 3.05) is 36.4 Å². The first kappa shape index (κ1) is 17.8.